The summed E-state index contributed by atoms with van der Waals surface area (Å²) in [4.78, 5) is 0. The smallest absolute Gasteiger partial charge is 0.0656 e. The molecular formula is C10H20N4. The van der Waals surface area contributed by atoms with Crippen LogP contribution in [0.15, 0.2) is 12.3 Å². The van der Waals surface area contributed by atoms with Crippen molar-refractivity contribution < 1.29 is 0 Å². The van der Waals surface area contributed by atoms with Crippen LogP contribution in [-0.2, 0) is 7.05 Å². The lowest BCUT2D eigenvalue weighted by atomic mass is 9.92. The molecule has 1 aromatic heterocycles. The molecule has 4 heteroatoms. The molecule has 0 saturated carbocycles. The first-order valence-corrected chi connectivity index (χ1v) is 5.18. The van der Waals surface area contributed by atoms with Gasteiger partial charge in [0, 0.05) is 13.2 Å². The molecule has 0 spiro atoms. The molecule has 80 valence electrons. The zero-order valence-corrected chi connectivity index (χ0v) is 9.20. The standard InChI is InChI=1S/C10H20N4/c1-4-8(5-2)10(13-11)9-6-7-12-14(9)3/h6-8,10,13H,4-5,11H2,1-3H3. The lowest BCUT2D eigenvalue weighted by molar-refractivity contribution is 0.330. The highest BCUT2D eigenvalue weighted by Gasteiger charge is 2.21. The Labute approximate surface area is 85.5 Å². The maximum Gasteiger partial charge on any atom is 0.0656 e. The van der Waals surface area contributed by atoms with Crippen LogP contribution in [0.4, 0.5) is 0 Å². The van der Waals surface area contributed by atoms with Gasteiger partial charge in [-0.05, 0) is 12.0 Å². The summed E-state index contributed by atoms with van der Waals surface area (Å²) in [6.45, 7) is 4.38. The average Bonchev–Trinajstić information content (AvgIpc) is 2.61. The number of aromatic nitrogens is 2. The summed E-state index contributed by atoms with van der Waals surface area (Å²) in [6.07, 6.45) is 4.05. The zero-order chi connectivity index (χ0) is 10.6. The zero-order valence-electron chi connectivity index (χ0n) is 9.20. The number of aryl methyl sites for hydroxylation is 1. The lowest BCUT2D eigenvalue weighted by Gasteiger charge is -2.24. The van der Waals surface area contributed by atoms with Crippen LogP contribution in [0.3, 0.4) is 0 Å². The number of rotatable bonds is 5. The Balaban J connectivity index is 2.86. The van der Waals surface area contributed by atoms with E-state index in [1.54, 1.807) is 0 Å². The van der Waals surface area contributed by atoms with E-state index in [0.717, 1.165) is 18.5 Å². The summed E-state index contributed by atoms with van der Waals surface area (Å²) >= 11 is 0. The van der Waals surface area contributed by atoms with Gasteiger partial charge in [0.25, 0.3) is 0 Å². The predicted octanol–water partition coefficient (Wildman–Crippen LogP) is 1.36. The van der Waals surface area contributed by atoms with Crippen molar-refractivity contribution >= 4 is 0 Å². The van der Waals surface area contributed by atoms with Crippen LogP contribution in [0.2, 0.25) is 0 Å². The molecule has 1 aromatic rings. The van der Waals surface area contributed by atoms with Crippen LogP contribution in [0.5, 0.6) is 0 Å². The molecule has 1 unspecified atom stereocenters. The second kappa shape index (κ2) is 5.12. The van der Waals surface area contributed by atoms with E-state index in [1.807, 2.05) is 24.0 Å². The molecule has 0 aliphatic heterocycles. The van der Waals surface area contributed by atoms with E-state index >= 15 is 0 Å². The Morgan fingerprint density at radius 1 is 1.50 bits per heavy atom. The van der Waals surface area contributed by atoms with Gasteiger partial charge in [0.1, 0.15) is 0 Å². The average molecular weight is 196 g/mol. The topological polar surface area (TPSA) is 55.9 Å². The molecule has 1 atom stereocenters. The third kappa shape index (κ3) is 2.13. The van der Waals surface area contributed by atoms with Gasteiger partial charge in [-0.3, -0.25) is 16.0 Å². The van der Waals surface area contributed by atoms with Crippen LogP contribution in [0.1, 0.15) is 38.4 Å². The third-order valence-corrected chi connectivity index (χ3v) is 2.88. The van der Waals surface area contributed by atoms with Crippen LogP contribution >= 0.6 is 0 Å². The molecule has 0 aliphatic carbocycles. The summed E-state index contributed by atoms with van der Waals surface area (Å²) in [6, 6.07) is 2.22. The van der Waals surface area contributed by atoms with Crippen molar-refractivity contribution in [2.75, 3.05) is 0 Å². The molecule has 0 amide bonds. The highest BCUT2D eigenvalue weighted by molar-refractivity contribution is 5.07. The summed E-state index contributed by atoms with van der Waals surface area (Å²) in [5, 5.41) is 4.16. The largest absolute Gasteiger partial charge is 0.271 e. The monoisotopic (exact) mass is 196 g/mol. The third-order valence-electron chi connectivity index (χ3n) is 2.88. The van der Waals surface area contributed by atoms with Crippen LogP contribution in [-0.4, -0.2) is 9.78 Å². The lowest BCUT2D eigenvalue weighted by Crippen LogP contribution is -2.34. The van der Waals surface area contributed by atoms with Crippen molar-refractivity contribution in [1.29, 1.82) is 0 Å². The van der Waals surface area contributed by atoms with Crippen molar-refractivity contribution in [2.24, 2.45) is 18.8 Å². The highest BCUT2D eigenvalue weighted by atomic mass is 15.3. The van der Waals surface area contributed by atoms with Gasteiger partial charge in [0.2, 0.25) is 0 Å². The van der Waals surface area contributed by atoms with E-state index in [2.05, 4.69) is 24.4 Å². The molecule has 0 saturated heterocycles. The Hall–Kier alpha value is -0.870. The van der Waals surface area contributed by atoms with E-state index < -0.39 is 0 Å². The summed E-state index contributed by atoms with van der Waals surface area (Å²) in [7, 11) is 1.95. The van der Waals surface area contributed by atoms with Gasteiger partial charge < -0.3 is 0 Å². The molecule has 0 fully saturated rings. The molecule has 0 radical (unpaired) electrons. The Kier molecular flexibility index (Phi) is 4.10. The van der Waals surface area contributed by atoms with Gasteiger partial charge >= 0.3 is 0 Å². The van der Waals surface area contributed by atoms with E-state index in [-0.39, 0.29) is 6.04 Å². The minimum atomic E-state index is 0.206. The minimum absolute atomic E-state index is 0.206. The van der Waals surface area contributed by atoms with Crippen molar-refractivity contribution in [3.63, 3.8) is 0 Å². The van der Waals surface area contributed by atoms with Gasteiger partial charge in [-0.25, -0.2) is 0 Å². The predicted molar refractivity (Wildman–Crippen MR) is 57.3 cm³/mol. The van der Waals surface area contributed by atoms with E-state index in [9.17, 15) is 0 Å². The second-order valence-corrected chi connectivity index (χ2v) is 3.60. The van der Waals surface area contributed by atoms with Gasteiger partial charge in [-0.1, -0.05) is 26.7 Å². The number of nitrogens with one attached hydrogen (secondary N) is 1. The van der Waals surface area contributed by atoms with E-state index in [4.69, 9.17) is 5.84 Å². The molecule has 0 bridgehead atoms. The first-order chi connectivity index (χ1) is 6.74. The first-order valence-electron chi connectivity index (χ1n) is 5.18. The molecule has 4 nitrogen and oxygen atoms in total. The Bertz CT molecular complexity index is 265. The number of nitrogens with two attached hydrogens (primary N) is 1. The summed E-state index contributed by atoms with van der Waals surface area (Å²) < 4.78 is 1.88. The van der Waals surface area contributed by atoms with Gasteiger partial charge in [0.15, 0.2) is 0 Å². The molecule has 3 N–H and O–H groups in total. The van der Waals surface area contributed by atoms with E-state index in [1.165, 1.54) is 0 Å². The molecule has 0 aromatic carbocycles. The van der Waals surface area contributed by atoms with Gasteiger partial charge in [-0.2, -0.15) is 5.10 Å². The number of hydrogen-bond acceptors (Lipinski definition) is 3. The van der Waals surface area contributed by atoms with Crippen molar-refractivity contribution in [2.45, 2.75) is 32.7 Å². The quantitative estimate of drug-likeness (QED) is 0.552. The first kappa shape index (κ1) is 11.2. The Morgan fingerprint density at radius 2 is 2.14 bits per heavy atom. The molecule has 0 aliphatic rings. The molecular weight excluding hydrogens is 176 g/mol. The van der Waals surface area contributed by atoms with E-state index in [0.29, 0.717) is 5.92 Å². The van der Waals surface area contributed by atoms with Crippen molar-refractivity contribution in [3.8, 4) is 0 Å². The van der Waals surface area contributed by atoms with Crippen LogP contribution in [0.25, 0.3) is 0 Å². The van der Waals surface area contributed by atoms with Crippen LogP contribution in [0, 0.1) is 5.92 Å². The Morgan fingerprint density at radius 3 is 2.50 bits per heavy atom. The van der Waals surface area contributed by atoms with Crippen molar-refractivity contribution in [3.05, 3.63) is 18.0 Å². The van der Waals surface area contributed by atoms with Crippen LogP contribution < -0.4 is 11.3 Å². The second-order valence-electron chi connectivity index (χ2n) is 3.60. The van der Waals surface area contributed by atoms with Gasteiger partial charge in [-0.15, -0.1) is 0 Å². The van der Waals surface area contributed by atoms with Crippen molar-refractivity contribution in [1.82, 2.24) is 15.2 Å². The molecule has 1 rings (SSSR count). The fourth-order valence-electron chi connectivity index (χ4n) is 1.91. The van der Waals surface area contributed by atoms with Gasteiger partial charge in [0.05, 0.1) is 11.7 Å². The maximum absolute atomic E-state index is 5.59. The summed E-state index contributed by atoms with van der Waals surface area (Å²) in [5.74, 6) is 6.16. The number of hydrazine groups is 1. The fourth-order valence-corrected chi connectivity index (χ4v) is 1.91. The number of nitrogens with zero attached hydrogens (tertiary/aromatic N) is 2. The SMILES string of the molecule is CCC(CC)C(NN)c1ccnn1C. The molecule has 14 heavy (non-hydrogen) atoms. The highest BCUT2D eigenvalue weighted by Crippen LogP contribution is 2.25. The molecule has 1 heterocycles. The summed E-state index contributed by atoms with van der Waals surface area (Å²) in [5.41, 5.74) is 4.04. The fraction of sp³-hybridized carbons (Fsp3) is 0.700. The normalized spacial score (nSPS) is 13.5. The minimum Gasteiger partial charge on any atom is -0.271 e. The maximum atomic E-state index is 5.59. The number of hydrogen-bond donors (Lipinski definition) is 2.